The van der Waals surface area contributed by atoms with E-state index >= 15 is 0 Å². The van der Waals surface area contributed by atoms with Gasteiger partial charge in [-0.25, -0.2) is 0 Å². The Balaban J connectivity index is 1.69. The maximum absolute atomic E-state index is 12.6. The molecule has 1 atom stereocenters. The monoisotopic (exact) mass is 396 g/mol. The molecule has 0 fully saturated rings. The van der Waals surface area contributed by atoms with Gasteiger partial charge in [0.05, 0.1) is 12.2 Å². The molecule has 0 bridgehead atoms. The molecule has 0 aromatic heterocycles. The molecule has 6 heteroatoms. The minimum Gasteiger partial charge on any atom is -0.454 e. The first-order chi connectivity index (χ1) is 13.9. The number of ether oxygens (including phenoxy) is 2. The van der Waals surface area contributed by atoms with Crippen LogP contribution in [0.4, 0.5) is 5.69 Å². The number of carbonyl (C=O) groups excluding carboxylic acids is 2. The molecular formula is C23H28N2O4. The first-order valence-corrected chi connectivity index (χ1v) is 9.95. The zero-order chi connectivity index (χ0) is 21.0. The van der Waals surface area contributed by atoms with Crippen molar-refractivity contribution in [2.75, 3.05) is 18.7 Å². The molecule has 154 valence electrons. The molecule has 29 heavy (non-hydrogen) atoms. The van der Waals surface area contributed by atoms with Crippen LogP contribution in [0.3, 0.4) is 0 Å². The lowest BCUT2D eigenvalue weighted by Gasteiger charge is -2.23. The van der Waals surface area contributed by atoms with Crippen molar-refractivity contribution in [1.29, 1.82) is 0 Å². The van der Waals surface area contributed by atoms with E-state index in [0.717, 1.165) is 12.0 Å². The standard InChI is InChI=1S/C23H28N2O4/c1-5-16-6-8-17(9-7-16)23(14(2)3)24-12-22(27)25-19-11-21-20(28-13-29-21)10-18(19)15(4)26/h6-11,14,23-24H,5,12-13H2,1-4H3,(H,25,27)/t23-/m0/s1. The lowest BCUT2D eigenvalue weighted by atomic mass is 9.95. The van der Waals surface area contributed by atoms with Crippen LogP contribution in [0.25, 0.3) is 0 Å². The molecule has 0 spiro atoms. The SMILES string of the molecule is CCc1ccc([C@@H](NCC(=O)Nc2cc3c(cc2C(C)=O)OCO3)C(C)C)cc1. The molecule has 1 amide bonds. The number of ketones is 1. The summed E-state index contributed by atoms with van der Waals surface area (Å²) in [6.45, 7) is 8.07. The highest BCUT2D eigenvalue weighted by atomic mass is 16.7. The molecule has 0 saturated carbocycles. The fourth-order valence-electron chi connectivity index (χ4n) is 3.43. The number of benzene rings is 2. The number of carbonyl (C=O) groups is 2. The first kappa shape index (κ1) is 20.9. The van der Waals surface area contributed by atoms with Crippen molar-refractivity contribution in [2.45, 2.75) is 40.2 Å². The van der Waals surface area contributed by atoms with Gasteiger partial charge in [0.25, 0.3) is 0 Å². The number of Topliss-reactive ketones (excluding diaryl/α,β-unsaturated/α-hetero) is 1. The quantitative estimate of drug-likeness (QED) is 0.657. The smallest absolute Gasteiger partial charge is 0.238 e. The Morgan fingerprint density at radius 2 is 1.72 bits per heavy atom. The number of rotatable bonds is 8. The second-order valence-electron chi connectivity index (χ2n) is 7.55. The van der Waals surface area contributed by atoms with Gasteiger partial charge in [-0.3, -0.25) is 9.59 Å². The minimum absolute atomic E-state index is 0.0516. The number of nitrogens with one attached hydrogen (secondary N) is 2. The molecule has 0 aliphatic carbocycles. The lowest BCUT2D eigenvalue weighted by molar-refractivity contribution is -0.115. The van der Waals surface area contributed by atoms with Gasteiger partial charge in [-0.1, -0.05) is 45.0 Å². The highest BCUT2D eigenvalue weighted by molar-refractivity contribution is 6.05. The van der Waals surface area contributed by atoms with Crippen LogP contribution in [0, 0.1) is 5.92 Å². The van der Waals surface area contributed by atoms with E-state index in [9.17, 15) is 9.59 Å². The van der Waals surface area contributed by atoms with Crippen molar-refractivity contribution in [3.63, 3.8) is 0 Å². The van der Waals surface area contributed by atoms with Gasteiger partial charge in [-0.15, -0.1) is 0 Å². The summed E-state index contributed by atoms with van der Waals surface area (Å²) >= 11 is 0. The van der Waals surface area contributed by atoms with Crippen LogP contribution in [0.2, 0.25) is 0 Å². The van der Waals surface area contributed by atoms with Crippen LogP contribution in [0.5, 0.6) is 11.5 Å². The molecule has 2 aromatic rings. The molecule has 3 rings (SSSR count). The van der Waals surface area contributed by atoms with E-state index in [2.05, 4.69) is 55.7 Å². The predicted octanol–water partition coefficient (Wildman–Crippen LogP) is 4.11. The number of amides is 1. The lowest BCUT2D eigenvalue weighted by Crippen LogP contribution is -2.34. The van der Waals surface area contributed by atoms with E-state index in [1.807, 2.05) is 0 Å². The third-order valence-corrected chi connectivity index (χ3v) is 5.06. The summed E-state index contributed by atoms with van der Waals surface area (Å²) in [6, 6.07) is 11.8. The molecule has 2 aromatic carbocycles. The Hall–Kier alpha value is -2.86. The van der Waals surface area contributed by atoms with Crippen molar-refractivity contribution in [1.82, 2.24) is 5.32 Å². The zero-order valence-electron chi connectivity index (χ0n) is 17.4. The van der Waals surface area contributed by atoms with Gasteiger partial charge in [0.1, 0.15) is 0 Å². The van der Waals surface area contributed by atoms with E-state index in [1.54, 1.807) is 12.1 Å². The number of anilines is 1. The average Bonchev–Trinajstić information content (AvgIpc) is 3.15. The maximum Gasteiger partial charge on any atom is 0.238 e. The van der Waals surface area contributed by atoms with E-state index in [1.165, 1.54) is 12.5 Å². The van der Waals surface area contributed by atoms with Crippen molar-refractivity contribution in [2.24, 2.45) is 5.92 Å². The van der Waals surface area contributed by atoms with Crippen LogP contribution >= 0.6 is 0 Å². The average molecular weight is 396 g/mol. The Bertz CT molecular complexity index is 890. The second-order valence-corrected chi connectivity index (χ2v) is 7.55. The summed E-state index contributed by atoms with van der Waals surface area (Å²) in [5.74, 6) is 0.981. The highest BCUT2D eigenvalue weighted by Crippen LogP contribution is 2.37. The molecule has 6 nitrogen and oxygen atoms in total. The summed E-state index contributed by atoms with van der Waals surface area (Å²) in [5, 5.41) is 6.17. The van der Waals surface area contributed by atoms with Gasteiger partial charge in [-0.2, -0.15) is 0 Å². The van der Waals surface area contributed by atoms with E-state index in [-0.39, 0.29) is 31.1 Å². The largest absolute Gasteiger partial charge is 0.454 e. The Morgan fingerprint density at radius 1 is 1.07 bits per heavy atom. The normalized spacial score (nSPS) is 13.4. The van der Waals surface area contributed by atoms with E-state index in [4.69, 9.17) is 9.47 Å². The number of aryl methyl sites for hydroxylation is 1. The Morgan fingerprint density at radius 3 is 2.31 bits per heavy atom. The molecule has 1 heterocycles. The summed E-state index contributed by atoms with van der Waals surface area (Å²) in [4.78, 5) is 24.6. The highest BCUT2D eigenvalue weighted by Gasteiger charge is 2.21. The fraction of sp³-hybridized carbons (Fsp3) is 0.391. The number of hydrogen-bond donors (Lipinski definition) is 2. The summed E-state index contributed by atoms with van der Waals surface area (Å²) in [7, 11) is 0. The van der Waals surface area contributed by atoms with Gasteiger partial charge < -0.3 is 20.1 Å². The molecular weight excluding hydrogens is 368 g/mol. The maximum atomic E-state index is 12.6. The van der Waals surface area contributed by atoms with Gasteiger partial charge in [0, 0.05) is 17.7 Å². The zero-order valence-corrected chi connectivity index (χ0v) is 17.4. The summed E-state index contributed by atoms with van der Waals surface area (Å²) in [5.41, 5.74) is 3.27. The van der Waals surface area contributed by atoms with Crippen molar-refractivity contribution in [3.8, 4) is 11.5 Å². The van der Waals surface area contributed by atoms with Crippen LogP contribution in [-0.2, 0) is 11.2 Å². The number of fused-ring (bicyclic) bond motifs is 1. The van der Waals surface area contributed by atoms with Crippen molar-refractivity contribution < 1.29 is 19.1 Å². The molecule has 0 saturated heterocycles. The molecule has 0 radical (unpaired) electrons. The number of hydrogen-bond acceptors (Lipinski definition) is 5. The van der Waals surface area contributed by atoms with E-state index in [0.29, 0.717) is 28.7 Å². The van der Waals surface area contributed by atoms with Crippen LogP contribution in [0.1, 0.15) is 55.2 Å². The molecule has 0 unspecified atom stereocenters. The minimum atomic E-state index is -0.220. The van der Waals surface area contributed by atoms with Gasteiger partial charge >= 0.3 is 0 Å². The third kappa shape index (κ3) is 4.95. The molecule has 1 aliphatic rings. The van der Waals surface area contributed by atoms with Crippen molar-refractivity contribution >= 4 is 17.4 Å². The first-order valence-electron chi connectivity index (χ1n) is 9.95. The fourth-order valence-corrected chi connectivity index (χ4v) is 3.43. The summed E-state index contributed by atoms with van der Waals surface area (Å²) < 4.78 is 10.7. The molecule has 2 N–H and O–H groups in total. The van der Waals surface area contributed by atoms with Gasteiger partial charge in [-0.05, 0) is 36.5 Å². The van der Waals surface area contributed by atoms with Gasteiger partial charge in [0.15, 0.2) is 17.3 Å². The third-order valence-electron chi connectivity index (χ3n) is 5.06. The van der Waals surface area contributed by atoms with Crippen LogP contribution in [0.15, 0.2) is 36.4 Å². The molecule has 1 aliphatic heterocycles. The van der Waals surface area contributed by atoms with Crippen LogP contribution < -0.4 is 20.1 Å². The predicted molar refractivity (Wildman–Crippen MR) is 113 cm³/mol. The van der Waals surface area contributed by atoms with E-state index < -0.39 is 0 Å². The second kappa shape index (κ2) is 9.09. The van der Waals surface area contributed by atoms with Crippen molar-refractivity contribution in [3.05, 3.63) is 53.1 Å². The van der Waals surface area contributed by atoms with Gasteiger partial charge in [0.2, 0.25) is 12.7 Å². The topological polar surface area (TPSA) is 76.7 Å². The Labute approximate surface area is 171 Å². The summed E-state index contributed by atoms with van der Waals surface area (Å²) in [6.07, 6.45) is 0.997. The van der Waals surface area contributed by atoms with Crippen LogP contribution in [-0.4, -0.2) is 25.0 Å². The Kier molecular flexibility index (Phi) is 6.54.